The molecule has 6 aromatic rings. The number of hydrogen-bond acceptors (Lipinski definition) is 2. The normalized spacial score (nSPS) is 11.8. The third-order valence-corrected chi connectivity index (χ3v) is 5.84. The van der Waals surface area contributed by atoms with Gasteiger partial charge in [0.25, 0.3) is 0 Å². The summed E-state index contributed by atoms with van der Waals surface area (Å²) >= 11 is 3.61. The Morgan fingerprint density at radius 1 is 0.714 bits per heavy atom. The summed E-state index contributed by atoms with van der Waals surface area (Å²) in [5.74, 6) is 0. The number of para-hydroxylation sites is 1. The van der Waals surface area contributed by atoms with Crippen LogP contribution in [0.15, 0.2) is 93.9 Å². The highest BCUT2D eigenvalue weighted by atomic mass is 79.9. The van der Waals surface area contributed by atoms with E-state index in [2.05, 4.69) is 70.5 Å². The SMILES string of the molecule is Brc1cccc(-c2cccc3ncc4ccc5oc6ccccc6c5c4c23)c1. The van der Waals surface area contributed by atoms with Crippen LogP contribution in [0.2, 0.25) is 0 Å². The highest BCUT2D eigenvalue weighted by molar-refractivity contribution is 9.10. The number of furan rings is 1. The molecule has 0 N–H and O–H groups in total. The Kier molecular flexibility index (Phi) is 3.35. The number of aromatic nitrogens is 1. The Morgan fingerprint density at radius 2 is 1.61 bits per heavy atom. The van der Waals surface area contributed by atoms with Crippen molar-refractivity contribution in [3.63, 3.8) is 0 Å². The monoisotopic (exact) mass is 423 g/mol. The molecule has 0 radical (unpaired) electrons. The minimum atomic E-state index is 0.908. The van der Waals surface area contributed by atoms with Gasteiger partial charge < -0.3 is 4.42 Å². The topological polar surface area (TPSA) is 26.0 Å². The molecule has 0 fully saturated rings. The maximum atomic E-state index is 6.15. The number of fused-ring (bicyclic) bond motifs is 7. The molecule has 0 amide bonds. The van der Waals surface area contributed by atoms with E-state index in [0.717, 1.165) is 42.7 Å². The fourth-order valence-electron chi connectivity index (χ4n) is 4.16. The van der Waals surface area contributed by atoms with Crippen molar-refractivity contribution >= 4 is 59.5 Å². The van der Waals surface area contributed by atoms with Crippen LogP contribution in [0.25, 0.3) is 54.7 Å². The smallest absolute Gasteiger partial charge is 0.136 e. The van der Waals surface area contributed by atoms with Gasteiger partial charge in [-0.3, -0.25) is 4.98 Å². The van der Waals surface area contributed by atoms with Gasteiger partial charge in [0.15, 0.2) is 0 Å². The minimum absolute atomic E-state index is 0.908. The van der Waals surface area contributed by atoms with Crippen molar-refractivity contribution in [3.8, 4) is 11.1 Å². The molecule has 0 aliphatic heterocycles. The molecule has 2 aromatic heterocycles. The van der Waals surface area contributed by atoms with Crippen LogP contribution in [-0.2, 0) is 0 Å². The summed E-state index contributed by atoms with van der Waals surface area (Å²) in [5, 5.41) is 5.77. The summed E-state index contributed by atoms with van der Waals surface area (Å²) in [5.41, 5.74) is 5.15. The van der Waals surface area contributed by atoms with Gasteiger partial charge in [-0.05, 0) is 47.5 Å². The summed E-state index contributed by atoms with van der Waals surface area (Å²) in [6, 6.07) is 27.1. The lowest BCUT2D eigenvalue weighted by Crippen LogP contribution is -1.87. The number of halogens is 1. The van der Waals surface area contributed by atoms with Gasteiger partial charge in [-0.1, -0.05) is 58.4 Å². The standard InChI is InChI=1S/C25H14BrNO/c26-17-6-3-5-15(13-17)18-8-4-9-20-24(18)23-16(14-27-20)11-12-22-25(23)19-7-1-2-10-21(19)28-22/h1-14H. The molecule has 2 nitrogen and oxygen atoms in total. The first-order chi connectivity index (χ1) is 13.8. The summed E-state index contributed by atoms with van der Waals surface area (Å²) in [7, 11) is 0. The molecule has 0 aliphatic rings. The molecule has 0 atom stereocenters. The number of nitrogens with zero attached hydrogens (tertiary/aromatic N) is 1. The van der Waals surface area contributed by atoms with Gasteiger partial charge in [0.2, 0.25) is 0 Å². The Hall–Kier alpha value is -3.17. The fraction of sp³-hybridized carbons (Fsp3) is 0. The second kappa shape index (κ2) is 5.91. The zero-order valence-electron chi connectivity index (χ0n) is 14.8. The number of rotatable bonds is 1. The lowest BCUT2D eigenvalue weighted by molar-refractivity contribution is 0.669. The predicted octanol–water partition coefficient (Wildman–Crippen LogP) is 7.72. The second-order valence-electron chi connectivity index (χ2n) is 6.97. The predicted molar refractivity (Wildman–Crippen MR) is 120 cm³/mol. The molecule has 132 valence electrons. The molecule has 0 saturated carbocycles. The average molecular weight is 424 g/mol. The van der Waals surface area contributed by atoms with E-state index >= 15 is 0 Å². The summed E-state index contributed by atoms with van der Waals surface area (Å²) in [4.78, 5) is 4.75. The Labute approximate surface area is 169 Å². The molecule has 28 heavy (non-hydrogen) atoms. The second-order valence-corrected chi connectivity index (χ2v) is 7.89. The number of pyridine rings is 1. The van der Waals surface area contributed by atoms with E-state index in [4.69, 9.17) is 9.40 Å². The van der Waals surface area contributed by atoms with Crippen LogP contribution in [0.1, 0.15) is 0 Å². The maximum absolute atomic E-state index is 6.15. The zero-order chi connectivity index (χ0) is 18.7. The van der Waals surface area contributed by atoms with Gasteiger partial charge in [-0.15, -0.1) is 0 Å². The molecule has 6 rings (SSSR count). The third-order valence-electron chi connectivity index (χ3n) is 5.35. The lowest BCUT2D eigenvalue weighted by atomic mass is 9.94. The van der Waals surface area contributed by atoms with Crippen LogP contribution in [0.5, 0.6) is 0 Å². The van der Waals surface area contributed by atoms with E-state index in [1.165, 1.54) is 16.5 Å². The molecular formula is C25H14BrNO. The van der Waals surface area contributed by atoms with Gasteiger partial charge in [0.1, 0.15) is 11.2 Å². The van der Waals surface area contributed by atoms with Crippen LogP contribution in [0.3, 0.4) is 0 Å². The highest BCUT2D eigenvalue weighted by Gasteiger charge is 2.15. The summed E-state index contributed by atoms with van der Waals surface area (Å²) < 4.78 is 7.21. The van der Waals surface area contributed by atoms with E-state index in [0.29, 0.717) is 0 Å². The largest absolute Gasteiger partial charge is 0.456 e. The molecule has 0 unspecified atom stereocenters. The van der Waals surface area contributed by atoms with Gasteiger partial charge in [0.05, 0.1) is 5.52 Å². The molecule has 0 aliphatic carbocycles. The van der Waals surface area contributed by atoms with Crippen LogP contribution in [0.4, 0.5) is 0 Å². The van der Waals surface area contributed by atoms with Crippen molar-refractivity contribution < 1.29 is 4.42 Å². The molecule has 0 saturated heterocycles. The first-order valence-electron chi connectivity index (χ1n) is 9.17. The maximum Gasteiger partial charge on any atom is 0.136 e. The van der Waals surface area contributed by atoms with E-state index in [1.807, 2.05) is 30.5 Å². The summed E-state index contributed by atoms with van der Waals surface area (Å²) in [6.07, 6.45) is 1.96. The molecular weight excluding hydrogens is 410 g/mol. The summed E-state index contributed by atoms with van der Waals surface area (Å²) in [6.45, 7) is 0. The molecule has 0 spiro atoms. The quantitative estimate of drug-likeness (QED) is 0.253. The average Bonchev–Trinajstić information content (AvgIpc) is 3.12. The Morgan fingerprint density at radius 3 is 2.54 bits per heavy atom. The first-order valence-corrected chi connectivity index (χ1v) is 9.96. The zero-order valence-corrected chi connectivity index (χ0v) is 16.4. The van der Waals surface area contributed by atoms with E-state index in [-0.39, 0.29) is 0 Å². The van der Waals surface area contributed by atoms with Gasteiger partial charge in [-0.25, -0.2) is 0 Å². The molecule has 3 heteroatoms. The van der Waals surface area contributed by atoms with Crippen LogP contribution >= 0.6 is 15.9 Å². The van der Waals surface area contributed by atoms with Crippen molar-refractivity contribution in [1.29, 1.82) is 0 Å². The highest BCUT2D eigenvalue weighted by Crippen LogP contribution is 2.41. The van der Waals surface area contributed by atoms with E-state index in [1.54, 1.807) is 0 Å². The molecule has 2 heterocycles. The van der Waals surface area contributed by atoms with Crippen molar-refractivity contribution in [1.82, 2.24) is 4.98 Å². The minimum Gasteiger partial charge on any atom is -0.456 e. The van der Waals surface area contributed by atoms with Crippen molar-refractivity contribution in [2.45, 2.75) is 0 Å². The lowest BCUT2D eigenvalue weighted by Gasteiger charge is -2.11. The van der Waals surface area contributed by atoms with Crippen molar-refractivity contribution in [2.24, 2.45) is 0 Å². The van der Waals surface area contributed by atoms with Gasteiger partial charge in [0, 0.05) is 37.6 Å². The molecule has 4 aromatic carbocycles. The van der Waals surface area contributed by atoms with Gasteiger partial charge >= 0.3 is 0 Å². The number of benzene rings is 4. The Bertz CT molecular complexity index is 1530. The van der Waals surface area contributed by atoms with Crippen molar-refractivity contribution in [3.05, 3.63) is 89.5 Å². The van der Waals surface area contributed by atoms with Gasteiger partial charge in [-0.2, -0.15) is 0 Å². The first kappa shape index (κ1) is 15.8. The van der Waals surface area contributed by atoms with Crippen LogP contribution in [0, 0.1) is 0 Å². The fourth-order valence-corrected chi connectivity index (χ4v) is 4.56. The third kappa shape index (κ3) is 2.23. The molecule has 0 bridgehead atoms. The Balaban J connectivity index is 1.89. The van der Waals surface area contributed by atoms with E-state index < -0.39 is 0 Å². The van der Waals surface area contributed by atoms with Crippen LogP contribution in [-0.4, -0.2) is 4.98 Å². The number of hydrogen-bond donors (Lipinski definition) is 0. The van der Waals surface area contributed by atoms with E-state index in [9.17, 15) is 0 Å². The van der Waals surface area contributed by atoms with Crippen molar-refractivity contribution in [2.75, 3.05) is 0 Å². The van der Waals surface area contributed by atoms with Crippen LogP contribution < -0.4 is 0 Å².